The number of esters is 1. The quantitative estimate of drug-likeness (QED) is 0.286. The Kier molecular flexibility index (Phi) is 9.67. The van der Waals surface area contributed by atoms with Gasteiger partial charge in [-0.05, 0) is 55.3 Å². The first-order valence-corrected chi connectivity index (χ1v) is 12.8. The van der Waals surface area contributed by atoms with Crippen LogP contribution in [-0.4, -0.2) is 52.0 Å². The van der Waals surface area contributed by atoms with Gasteiger partial charge in [-0.3, -0.25) is 9.59 Å². The number of amides is 2. The highest BCUT2D eigenvalue weighted by atomic mass is 32.2. The van der Waals surface area contributed by atoms with E-state index < -0.39 is 5.97 Å². The average molecular weight is 526 g/mol. The van der Waals surface area contributed by atoms with E-state index in [0.717, 1.165) is 0 Å². The number of hydrogen-bond donors (Lipinski definition) is 2. The van der Waals surface area contributed by atoms with Crippen molar-refractivity contribution in [2.75, 3.05) is 24.8 Å². The van der Waals surface area contributed by atoms with Crippen molar-refractivity contribution in [3.63, 3.8) is 0 Å². The molecule has 0 unspecified atom stereocenters. The molecule has 1 atom stereocenters. The van der Waals surface area contributed by atoms with Gasteiger partial charge in [-0.2, -0.15) is 0 Å². The van der Waals surface area contributed by atoms with Crippen LogP contribution in [0.5, 0.6) is 5.75 Å². The maximum absolute atomic E-state index is 12.8. The first-order chi connectivity index (χ1) is 17.7. The number of nitrogens with one attached hydrogen (secondary N) is 2. The molecule has 1 heterocycles. The number of aromatic nitrogens is 3. The molecule has 2 aromatic carbocycles. The van der Waals surface area contributed by atoms with Crippen molar-refractivity contribution in [3.05, 3.63) is 65.5 Å². The summed E-state index contributed by atoms with van der Waals surface area (Å²) in [6, 6.07) is 13.0. The number of ether oxygens (including phenoxy) is 2. The molecule has 0 bridgehead atoms. The lowest BCUT2D eigenvalue weighted by Crippen LogP contribution is -2.33. The molecule has 0 aliphatic carbocycles. The van der Waals surface area contributed by atoms with Crippen LogP contribution >= 0.6 is 11.8 Å². The molecular formula is C26H31N5O5S. The maximum Gasteiger partial charge on any atom is 0.338 e. The van der Waals surface area contributed by atoms with E-state index in [1.165, 1.54) is 11.8 Å². The summed E-state index contributed by atoms with van der Waals surface area (Å²) in [4.78, 5) is 37.3. The standard InChI is InChI=1S/C26H31N5O5S/c1-6-36-25(34)18-8-7-9-19(14-18)27-21(32)15-37-26-30-29-23(31(26)4)22(16(2)3)28-24(33)17-10-12-20(35-5)13-11-17/h7-14,16,22H,6,15H2,1-5H3,(H,27,32)(H,28,33)/t22-/m0/s1. The van der Waals surface area contributed by atoms with Gasteiger partial charge >= 0.3 is 5.97 Å². The van der Waals surface area contributed by atoms with Crippen LogP contribution in [0, 0.1) is 5.92 Å². The fraction of sp³-hybridized carbons (Fsp3) is 0.346. The number of methoxy groups -OCH3 is 1. The van der Waals surface area contributed by atoms with E-state index in [4.69, 9.17) is 9.47 Å². The molecule has 3 aromatic rings. The van der Waals surface area contributed by atoms with E-state index in [0.29, 0.717) is 33.5 Å². The second-order valence-electron chi connectivity index (χ2n) is 8.46. The molecule has 0 radical (unpaired) electrons. The zero-order chi connectivity index (χ0) is 26.9. The summed E-state index contributed by atoms with van der Waals surface area (Å²) in [7, 11) is 3.37. The predicted molar refractivity (Wildman–Crippen MR) is 141 cm³/mol. The Balaban J connectivity index is 1.63. The Morgan fingerprint density at radius 1 is 1.05 bits per heavy atom. The van der Waals surface area contributed by atoms with Gasteiger partial charge in [0.05, 0.1) is 31.1 Å². The van der Waals surface area contributed by atoms with Crippen LogP contribution in [0.3, 0.4) is 0 Å². The van der Waals surface area contributed by atoms with Crippen LogP contribution in [0.1, 0.15) is 53.4 Å². The molecule has 196 valence electrons. The van der Waals surface area contributed by atoms with Crippen molar-refractivity contribution in [1.82, 2.24) is 20.1 Å². The molecule has 1 aromatic heterocycles. The highest BCUT2D eigenvalue weighted by Crippen LogP contribution is 2.25. The predicted octanol–water partition coefficient (Wildman–Crippen LogP) is 3.86. The van der Waals surface area contributed by atoms with Crippen molar-refractivity contribution in [2.24, 2.45) is 13.0 Å². The smallest absolute Gasteiger partial charge is 0.338 e. The molecule has 11 heteroatoms. The third-order valence-electron chi connectivity index (χ3n) is 5.44. The molecule has 0 aliphatic rings. The van der Waals surface area contributed by atoms with E-state index in [1.807, 2.05) is 13.8 Å². The maximum atomic E-state index is 12.8. The van der Waals surface area contributed by atoms with E-state index in [2.05, 4.69) is 20.8 Å². The van der Waals surface area contributed by atoms with Crippen molar-refractivity contribution in [1.29, 1.82) is 0 Å². The molecule has 0 fully saturated rings. The molecule has 2 amide bonds. The van der Waals surface area contributed by atoms with Gasteiger partial charge in [-0.1, -0.05) is 31.7 Å². The van der Waals surface area contributed by atoms with Gasteiger partial charge in [-0.15, -0.1) is 10.2 Å². The third-order valence-corrected chi connectivity index (χ3v) is 6.46. The second kappa shape index (κ2) is 12.9. The molecule has 0 saturated heterocycles. The van der Waals surface area contributed by atoms with Gasteiger partial charge in [0, 0.05) is 18.3 Å². The number of carbonyl (C=O) groups is 3. The lowest BCUT2D eigenvalue weighted by atomic mass is 10.0. The number of carbonyl (C=O) groups excluding carboxylic acids is 3. The van der Waals surface area contributed by atoms with Gasteiger partial charge in [0.2, 0.25) is 5.91 Å². The Labute approximate surface area is 220 Å². The SMILES string of the molecule is CCOC(=O)c1cccc(NC(=O)CSc2nnc([C@@H](NC(=O)c3ccc(OC)cc3)C(C)C)n2C)c1. The Morgan fingerprint density at radius 3 is 2.43 bits per heavy atom. The van der Waals surface area contributed by atoms with Gasteiger partial charge < -0.3 is 24.7 Å². The summed E-state index contributed by atoms with van der Waals surface area (Å²) in [6.07, 6.45) is 0. The fourth-order valence-corrected chi connectivity index (χ4v) is 4.20. The number of hydrogen-bond acceptors (Lipinski definition) is 8. The minimum atomic E-state index is -0.446. The van der Waals surface area contributed by atoms with Crippen LogP contribution in [0.2, 0.25) is 0 Å². The molecular weight excluding hydrogens is 494 g/mol. The topological polar surface area (TPSA) is 124 Å². The molecule has 3 rings (SSSR count). The van der Waals surface area contributed by atoms with Crippen LogP contribution < -0.4 is 15.4 Å². The number of benzene rings is 2. The fourth-order valence-electron chi connectivity index (χ4n) is 3.48. The van der Waals surface area contributed by atoms with Crippen LogP contribution in [-0.2, 0) is 16.6 Å². The molecule has 10 nitrogen and oxygen atoms in total. The second-order valence-corrected chi connectivity index (χ2v) is 9.40. The molecule has 0 spiro atoms. The summed E-state index contributed by atoms with van der Waals surface area (Å²) in [5, 5.41) is 14.9. The summed E-state index contributed by atoms with van der Waals surface area (Å²) in [5.74, 6) is 0.438. The summed E-state index contributed by atoms with van der Waals surface area (Å²) >= 11 is 1.22. The van der Waals surface area contributed by atoms with E-state index in [9.17, 15) is 14.4 Å². The van der Waals surface area contributed by atoms with Crippen LogP contribution in [0.15, 0.2) is 53.7 Å². The van der Waals surface area contributed by atoms with Crippen molar-refractivity contribution >= 4 is 35.2 Å². The Morgan fingerprint density at radius 2 is 1.78 bits per heavy atom. The normalized spacial score (nSPS) is 11.6. The summed E-state index contributed by atoms with van der Waals surface area (Å²) in [5.41, 5.74) is 1.37. The minimum absolute atomic E-state index is 0.0397. The Hall–Kier alpha value is -3.86. The number of rotatable bonds is 11. The first-order valence-electron chi connectivity index (χ1n) is 11.8. The van der Waals surface area contributed by atoms with E-state index in [-0.39, 0.29) is 36.1 Å². The van der Waals surface area contributed by atoms with E-state index in [1.54, 1.807) is 74.2 Å². The highest BCUT2D eigenvalue weighted by molar-refractivity contribution is 7.99. The zero-order valence-corrected chi connectivity index (χ0v) is 22.3. The van der Waals surface area contributed by atoms with Crippen molar-refractivity contribution < 1.29 is 23.9 Å². The highest BCUT2D eigenvalue weighted by Gasteiger charge is 2.25. The zero-order valence-electron chi connectivity index (χ0n) is 21.5. The lowest BCUT2D eigenvalue weighted by Gasteiger charge is -2.21. The monoisotopic (exact) mass is 525 g/mol. The van der Waals surface area contributed by atoms with Crippen molar-refractivity contribution in [3.8, 4) is 5.75 Å². The minimum Gasteiger partial charge on any atom is -0.497 e. The lowest BCUT2D eigenvalue weighted by molar-refractivity contribution is -0.113. The van der Waals surface area contributed by atoms with Crippen LogP contribution in [0.4, 0.5) is 5.69 Å². The van der Waals surface area contributed by atoms with Crippen LogP contribution in [0.25, 0.3) is 0 Å². The van der Waals surface area contributed by atoms with Gasteiger partial charge in [0.15, 0.2) is 11.0 Å². The average Bonchev–Trinajstić information content (AvgIpc) is 3.25. The first kappa shape index (κ1) is 27.7. The largest absolute Gasteiger partial charge is 0.497 e. The molecule has 0 aliphatic heterocycles. The van der Waals surface area contributed by atoms with Gasteiger partial charge in [0.25, 0.3) is 5.91 Å². The Bertz CT molecular complexity index is 1240. The third kappa shape index (κ3) is 7.32. The number of nitrogens with zero attached hydrogens (tertiary/aromatic N) is 3. The molecule has 0 saturated carbocycles. The number of anilines is 1. The molecule has 2 N–H and O–H groups in total. The van der Waals surface area contributed by atoms with Crippen molar-refractivity contribution in [2.45, 2.75) is 32.0 Å². The van der Waals surface area contributed by atoms with Gasteiger partial charge in [0.1, 0.15) is 5.75 Å². The number of thioether (sulfide) groups is 1. The van der Waals surface area contributed by atoms with Gasteiger partial charge in [-0.25, -0.2) is 4.79 Å². The summed E-state index contributed by atoms with van der Waals surface area (Å²) < 4.78 is 11.9. The van der Waals surface area contributed by atoms with E-state index >= 15 is 0 Å². The molecule has 37 heavy (non-hydrogen) atoms. The summed E-state index contributed by atoms with van der Waals surface area (Å²) in [6.45, 7) is 5.97.